The Morgan fingerprint density at radius 1 is 0.880 bits per heavy atom. The molecule has 2 fully saturated rings. The molecule has 1 saturated carbocycles. The number of fused-ring (bicyclic) bond motifs is 1. The van der Waals surface area contributed by atoms with E-state index in [0.29, 0.717) is 81.3 Å². The standard InChI is InChI=1S/C35H32F6N4O5/c36-34(37,38)25-4-1-22(2-5-25)23-3-12-32-24(17-23)18-29(50-32)20-43-13-15-44(16-14-43)33(46)21-49-28-9-6-26(7-10-28)42-27-8-11-31(45(47)48)30(19-27)35(39,40)41/h1-5,8,11-12,17-19,28H,6-7,9-10,13-16,20-21H2. The zero-order chi connectivity index (χ0) is 35.6. The molecule has 1 aromatic heterocycles. The number of alkyl halides is 6. The van der Waals surface area contributed by atoms with Gasteiger partial charge in [-0.3, -0.25) is 24.8 Å². The topological polar surface area (TPSA) is 101 Å². The van der Waals surface area contributed by atoms with Crippen LogP contribution >= 0.6 is 0 Å². The molecule has 0 N–H and O–H groups in total. The van der Waals surface area contributed by atoms with Crippen LogP contribution in [0, 0.1) is 10.1 Å². The summed E-state index contributed by atoms with van der Waals surface area (Å²) >= 11 is 0. The Balaban J connectivity index is 0.948. The lowest BCUT2D eigenvalue weighted by Crippen LogP contribution is -2.49. The molecule has 0 atom stereocenters. The summed E-state index contributed by atoms with van der Waals surface area (Å²) in [6.07, 6.45) is -7.45. The summed E-state index contributed by atoms with van der Waals surface area (Å²) in [5, 5.41) is 11.8. The van der Waals surface area contributed by atoms with Crippen LogP contribution in [0.3, 0.4) is 0 Å². The first-order valence-electron chi connectivity index (χ1n) is 16.0. The van der Waals surface area contributed by atoms with Crippen molar-refractivity contribution in [3.8, 4) is 11.1 Å². The molecule has 2 aliphatic rings. The van der Waals surface area contributed by atoms with E-state index in [1.165, 1.54) is 18.2 Å². The third-order valence-electron chi connectivity index (χ3n) is 8.94. The molecule has 0 unspecified atom stereocenters. The number of hydrogen-bond acceptors (Lipinski definition) is 7. The minimum atomic E-state index is -4.88. The highest BCUT2D eigenvalue weighted by atomic mass is 19.4. The molecule has 1 aliphatic carbocycles. The first-order chi connectivity index (χ1) is 23.7. The number of halogens is 6. The Bertz CT molecular complexity index is 1890. The summed E-state index contributed by atoms with van der Waals surface area (Å²) in [5.74, 6) is 0.608. The number of benzene rings is 3. The number of rotatable bonds is 8. The second-order valence-corrected chi connectivity index (χ2v) is 12.3. The molecular weight excluding hydrogens is 670 g/mol. The van der Waals surface area contributed by atoms with Crippen molar-refractivity contribution in [2.24, 2.45) is 4.99 Å². The zero-order valence-corrected chi connectivity index (χ0v) is 26.6. The molecule has 3 aromatic carbocycles. The number of nitro groups is 1. The van der Waals surface area contributed by atoms with Crippen LogP contribution in [0.1, 0.15) is 42.6 Å². The molecule has 15 heteroatoms. The quantitative estimate of drug-likeness (QED) is 0.104. The summed E-state index contributed by atoms with van der Waals surface area (Å²) < 4.78 is 90.6. The van der Waals surface area contributed by atoms with Crippen LogP contribution in [-0.4, -0.2) is 65.2 Å². The number of carbonyl (C=O) groups excluding carboxylic acids is 1. The predicted molar refractivity (Wildman–Crippen MR) is 172 cm³/mol. The average Bonchev–Trinajstić information content (AvgIpc) is 3.49. The molecule has 2 heterocycles. The van der Waals surface area contributed by atoms with Gasteiger partial charge in [-0.1, -0.05) is 18.2 Å². The number of piperazine rings is 1. The second kappa shape index (κ2) is 14.2. The van der Waals surface area contributed by atoms with E-state index >= 15 is 0 Å². The Morgan fingerprint density at radius 2 is 1.56 bits per heavy atom. The molecule has 264 valence electrons. The smallest absolute Gasteiger partial charge is 0.423 e. The first-order valence-corrected chi connectivity index (χ1v) is 16.0. The summed E-state index contributed by atoms with van der Waals surface area (Å²) in [4.78, 5) is 31.0. The molecule has 50 heavy (non-hydrogen) atoms. The van der Waals surface area contributed by atoms with Gasteiger partial charge < -0.3 is 14.1 Å². The van der Waals surface area contributed by atoms with Crippen LogP contribution < -0.4 is 0 Å². The van der Waals surface area contributed by atoms with Crippen LogP contribution in [0.2, 0.25) is 0 Å². The second-order valence-electron chi connectivity index (χ2n) is 12.3. The molecule has 1 amide bonds. The van der Waals surface area contributed by atoms with Gasteiger partial charge in [-0.15, -0.1) is 0 Å². The summed E-state index contributed by atoms with van der Waals surface area (Å²) in [6, 6.07) is 15.1. The van der Waals surface area contributed by atoms with Gasteiger partial charge in [-0.05, 0) is 79.3 Å². The van der Waals surface area contributed by atoms with Gasteiger partial charge in [0.05, 0.1) is 28.8 Å². The highest BCUT2D eigenvalue weighted by Crippen LogP contribution is 2.39. The van der Waals surface area contributed by atoms with E-state index in [2.05, 4.69) is 9.89 Å². The highest BCUT2D eigenvalue weighted by molar-refractivity contribution is 5.88. The Morgan fingerprint density at radius 3 is 2.20 bits per heavy atom. The van der Waals surface area contributed by atoms with Crippen LogP contribution in [-0.2, 0) is 28.4 Å². The third kappa shape index (κ3) is 8.33. The Kier molecular flexibility index (Phi) is 9.98. The van der Waals surface area contributed by atoms with E-state index in [1.807, 2.05) is 18.2 Å². The number of ether oxygens (including phenoxy) is 1. The van der Waals surface area contributed by atoms with Crippen molar-refractivity contribution in [3.63, 3.8) is 0 Å². The van der Waals surface area contributed by atoms with Gasteiger partial charge in [-0.2, -0.15) is 26.3 Å². The van der Waals surface area contributed by atoms with Crippen molar-refractivity contribution < 1.29 is 45.2 Å². The molecule has 0 spiro atoms. The van der Waals surface area contributed by atoms with Crippen molar-refractivity contribution in [1.82, 2.24) is 9.80 Å². The van der Waals surface area contributed by atoms with E-state index < -0.39 is 34.1 Å². The molecule has 9 nitrogen and oxygen atoms in total. The molecule has 6 rings (SSSR count). The molecule has 4 aromatic rings. The van der Waals surface area contributed by atoms with Gasteiger partial charge in [-0.25, -0.2) is 0 Å². The van der Waals surface area contributed by atoms with Crippen LogP contribution in [0.5, 0.6) is 0 Å². The fourth-order valence-corrected chi connectivity index (χ4v) is 6.23. The summed E-state index contributed by atoms with van der Waals surface area (Å²) in [6.45, 7) is 2.72. The number of furan rings is 1. The summed E-state index contributed by atoms with van der Waals surface area (Å²) in [5.41, 5.74) is -0.283. The monoisotopic (exact) mass is 702 g/mol. The average molecular weight is 703 g/mol. The van der Waals surface area contributed by atoms with Crippen molar-refractivity contribution in [3.05, 3.63) is 93.7 Å². The van der Waals surface area contributed by atoms with Gasteiger partial charge in [0.15, 0.2) is 0 Å². The van der Waals surface area contributed by atoms with Gasteiger partial charge in [0.25, 0.3) is 5.69 Å². The van der Waals surface area contributed by atoms with E-state index in [9.17, 15) is 41.3 Å². The van der Waals surface area contributed by atoms with Gasteiger partial charge in [0.1, 0.15) is 23.5 Å². The Labute approximate surface area is 282 Å². The molecule has 1 aliphatic heterocycles. The lowest BCUT2D eigenvalue weighted by Gasteiger charge is -2.34. The van der Waals surface area contributed by atoms with Gasteiger partial charge >= 0.3 is 12.4 Å². The maximum atomic E-state index is 13.3. The minimum absolute atomic E-state index is 0.00207. The fourth-order valence-electron chi connectivity index (χ4n) is 6.23. The zero-order valence-electron chi connectivity index (χ0n) is 26.6. The number of carbonyl (C=O) groups is 1. The number of hydrogen-bond donors (Lipinski definition) is 0. The molecular formula is C35H32F6N4O5. The van der Waals surface area contributed by atoms with Crippen LogP contribution in [0.4, 0.5) is 37.7 Å². The fraction of sp³-hybridized carbons (Fsp3) is 0.371. The first kappa shape index (κ1) is 35.1. The van der Waals surface area contributed by atoms with E-state index in [4.69, 9.17) is 9.15 Å². The molecule has 0 radical (unpaired) electrons. The van der Waals surface area contributed by atoms with Crippen LogP contribution in [0.25, 0.3) is 22.1 Å². The van der Waals surface area contributed by atoms with Crippen molar-refractivity contribution >= 4 is 34.0 Å². The number of amides is 1. The normalized spacial score (nSPS) is 17.7. The molecule has 1 saturated heterocycles. The lowest BCUT2D eigenvalue weighted by molar-refractivity contribution is -0.388. The van der Waals surface area contributed by atoms with Gasteiger partial charge in [0, 0.05) is 43.3 Å². The Hall–Kier alpha value is -4.76. The summed E-state index contributed by atoms with van der Waals surface area (Å²) in [7, 11) is 0. The lowest BCUT2D eigenvalue weighted by atomic mass is 9.95. The maximum Gasteiger partial charge on any atom is 0.423 e. The maximum absolute atomic E-state index is 13.3. The highest BCUT2D eigenvalue weighted by Gasteiger charge is 2.38. The van der Waals surface area contributed by atoms with Gasteiger partial charge in [0.2, 0.25) is 5.91 Å². The minimum Gasteiger partial charge on any atom is -0.460 e. The number of nitrogens with zero attached hydrogens (tertiary/aromatic N) is 4. The van der Waals surface area contributed by atoms with E-state index in [0.717, 1.165) is 34.9 Å². The SMILES string of the molecule is O=C(COC1CCC(=Nc2ccc([N+](=O)[O-])c(C(F)(F)F)c2)CC1)N1CCN(Cc2cc3cc(-c4ccc(C(F)(F)F)cc4)ccc3o2)CC1. The third-order valence-corrected chi connectivity index (χ3v) is 8.94. The van der Waals surface area contributed by atoms with Crippen molar-refractivity contribution in [2.75, 3.05) is 32.8 Å². The molecule has 0 bridgehead atoms. The van der Waals surface area contributed by atoms with E-state index in [-0.39, 0.29) is 24.3 Å². The van der Waals surface area contributed by atoms with Crippen molar-refractivity contribution in [1.29, 1.82) is 0 Å². The van der Waals surface area contributed by atoms with Crippen LogP contribution in [0.15, 0.2) is 76.1 Å². The van der Waals surface area contributed by atoms with Crippen molar-refractivity contribution in [2.45, 2.75) is 50.7 Å². The largest absolute Gasteiger partial charge is 0.460 e. The van der Waals surface area contributed by atoms with E-state index in [1.54, 1.807) is 11.0 Å². The predicted octanol–water partition coefficient (Wildman–Crippen LogP) is 8.42. The number of nitro benzene ring substituents is 1. The number of aliphatic imine (C=N–C) groups is 1.